The van der Waals surface area contributed by atoms with Crippen molar-refractivity contribution in [3.63, 3.8) is 0 Å². The molecule has 0 bridgehead atoms. The Balaban J connectivity index is 1.64. The molecule has 3 heteroatoms. The summed E-state index contributed by atoms with van der Waals surface area (Å²) in [5, 5.41) is 6.21. The number of rotatable bonds is 4. The SMILES string of the molecule is CN1[C@](Cc2ccccc2)(c2ccccc2)c2ccc3ccccc3c2[P@]1(=O)c1cccc2ccccc12. The van der Waals surface area contributed by atoms with Gasteiger partial charge in [-0.25, -0.2) is 4.67 Å². The van der Waals surface area contributed by atoms with Gasteiger partial charge in [0.15, 0.2) is 0 Å². The maximum absolute atomic E-state index is 16.1. The Bertz CT molecular complexity index is 1840. The number of nitrogens with zero attached hydrogens (tertiary/aromatic N) is 1. The highest BCUT2D eigenvalue weighted by atomic mass is 31.2. The molecule has 0 aliphatic carbocycles. The van der Waals surface area contributed by atoms with Crippen molar-refractivity contribution >= 4 is 39.4 Å². The Kier molecular flexibility index (Phi) is 5.37. The molecule has 0 radical (unpaired) electrons. The molecule has 0 saturated carbocycles. The molecular weight excluding hydrogens is 481 g/mol. The van der Waals surface area contributed by atoms with Crippen molar-refractivity contribution in [2.75, 3.05) is 7.05 Å². The molecule has 7 rings (SSSR count). The van der Waals surface area contributed by atoms with Crippen molar-refractivity contribution < 1.29 is 4.57 Å². The smallest absolute Gasteiger partial charge is 0.209 e. The van der Waals surface area contributed by atoms with E-state index in [1.807, 2.05) is 12.1 Å². The summed E-state index contributed by atoms with van der Waals surface area (Å²) < 4.78 is 18.3. The minimum absolute atomic E-state index is 0.603. The van der Waals surface area contributed by atoms with Crippen molar-refractivity contribution in [2.24, 2.45) is 0 Å². The van der Waals surface area contributed by atoms with E-state index in [0.717, 1.165) is 43.3 Å². The second-order valence-corrected chi connectivity index (χ2v) is 12.9. The molecule has 0 spiro atoms. The molecule has 0 N–H and O–H groups in total. The van der Waals surface area contributed by atoms with Crippen molar-refractivity contribution in [3.05, 3.63) is 156 Å². The van der Waals surface area contributed by atoms with Crippen LogP contribution in [0.2, 0.25) is 0 Å². The van der Waals surface area contributed by atoms with Crippen LogP contribution in [0.15, 0.2) is 140 Å². The molecule has 2 atom stereocenters. The van der Waals surface area contributed by atoms with E-state index < -0.39 is 12.8 Å². The number of hydrogen-bond acceptors (Lipinski definition) is 1. The van der Waals surface area contributed by atoms with Crippen molar-refractivity contribution in [3.8, 4) is 0 Å². The number of likely N-dealkylation sites (N-methyl/N-ethyl adjacent to an activating group) is 1. The van der Waals surface area contributed by atoms with Crippen LogP contribution in [0.4, 0.5) is 0 Å². The van der Waals surface area contributed by atoms with Crippen molar-refractivity contribution in [1.29, 1.82) is 0 Å². The molecule has 0 saturated heterocycles. The zero-order valence-electron chi connectivity index (χ0n) is 21.3. The minimum atomic E-state index is -3.29. The van der Waals surface area contributed by atoms with E-state index in [9.17, 15) is 0 Å². The standard InChI is InChI=1S/C35H28NOP/c1-36-35(29-18-6-3-7-19-29,25-26-13-4-2-5-14-26)32-24-23-28-16-9-11-21-31(28)34(32)38(36,37)33-22-12-17-27-15-8-10-20-30(27)33/h2-24H,25H2,1H3/t35-,38-/m1/s1. The maximum atomic E-state index is 16.1. The highest BCUT2D eigenvalue weighted by molar-refractivity contribution is 7.78. The van der Waals surface area contributed by atoms with Crippen LogP contribution in [0.3, 0.4) is 0 Å². The number of benzene rings is 6. The molecule has 6 aromatic rings. The van der Waals surface area contributed by atoms with Crippen LogP contribution < -0.4 is 10.6 Å². The van der Waals surface area contributed by atoms with Crippen LogP contribution in [-0.4, -0.2) is 11.7 Å². The first kappa shape index (κ1) is 23.2. The van der Waals surface area contributed by atoms with Crippen LogP contribution in [0, 0.1) is 0 Å². The monoisotopic (exact) mass is 509 g/mol. The van der Waals surface area contributed by atoms with E-state index in [-0.39, 0.29) is 0 Å². The molecular formula is C35H28NOP. The lowest BCUT2D eigenvalue weighted by Crippen LogP contribution is -2.42. The van der Waals surface area contributed by atoms with Gasteiger partial charge >= 0.3 is 0 Å². The van der Waals surface area contributed by atoms with Gasteiger partial charge < -0.3 is 0 Å². The Morgan fingerprint density at radius 1 is 0.605 bits per heavy atom. The van der Waals surface area contributed by atoms with E-state index in [1.165, 1.54) is 5.56 Å². The molecule has 1 aliphatic rings. The van der Waals surface area contributed by atoms with Crippen LogP contribution in [0.1, 0.15) is 16.7 Å². The van der Waals surface area contributed by atoms with Gasteiger partial charge in [0.05, 0.1) is 5.54 Å². The predicted octanol–water partition coefficient (Wildman–Crippen LogP) is 7.65. The highest BCUT2D eigenvalue weighted by Crippen LogP contribution is 2.64. The summed E-state index contributed by atoms with van der Waals surface area (Å²) in [7, 11) is -1.21. The zero-order chi connectivity index (χ0) is 25.7. The van der Waals surface area contributed by atoms with Gasteiger partial charge in [0.2, 0.25) is 7.29 Å². The summed E-state index contributed by atoms with van der Waals surface area (Å²) in [4.78, 5) is 0. The molecule has 0 fully saturated rings. The van der Waals surface area contributed by atoms with E-state index >= 15 is 4.57 Å². The van der Waals surface area contributed by atoms with Crippen LogP contribution >= 0.6 is 7.29 Å². The average Bonchev–Trinajstić information content (AvgIpc) is 3.18. The molecule has 1 heterocycles. The second-order valence-electron chi connectivity index (χ2n) is 10.2. The van der Waals surface area contributed by atoms with Gasteiger partial charge in [-0.05, 0) is 57.8 Å². The van der Waals surface area contributed by atoms with Gasteiger partial charge in [-0.15, -0.1) is 0 Å². The van der Waals surface area contributed by atoms with Crippen LogP contribution in [0.25, 0.3) is 21.5 Å². The first-order valence-corrected chi connectivity index (χ1v) is 14.7. The lowest BCUT2D eigenvalue weighted by Gasteiger charge is -2.40. The second kappa shape index (κ2) is 8.81. The zero-order valence-corrected chi connectivity index (χ0v) is 22.2. The fourth-order valence-electron chi connectivity index (χ4n) is 6.49. The Morgan fingerprint density at radius 2 is 1.18 bits per heavy atom. The lowest BCUT2D eigenvalue weighted by atomic mass is 9.77. The first-order valence-electron chi connectivity index (χ1n) is 13.1. The Morgan fingerprint density at radius 3 is 1.92 bits per heavy atom. The molecule has 0 amide bonds. The third kappa shape index (κ3) is 3.21. The molecule has 6 aromatic carbocycles. The predicted molar refractivity (Wildman–Crippen MR) is 160 cm³/mol. The molecule has 184 valence electrons. The fraction of sp³-hybridized carbons (Fsp3) is 0.0857. The molecule has 0 aromatic heterocycles. The largest absolute Gasteiger partial charge is 0.296 e. The molecule has 2 nitrogen and oxygen atoms in total. The van der Waals surface area contributed by atoms with E-state index in [1.54, 1.807) is 0 Å². The normalized spacial score (nSPS) is 21.1. The number of hydrogen-bond donors (Lipinski definition) is 0. The quantitative estimate of drug-likeness (QED) is 0.228. The van der Waals surface area contributed by atoms with E-state index in [2.05, 4.69) is 139 Å². The summed E-state index contributed by atoms with van der Waals surface area (Å²) in [6.45, 7) is 0. The minimum Gasteiger partial charge on any atom is -0.296 e. The molecule has 1 aliphatic heterocycles. The summed E-state index contributed by atoms with van der Waals surface area (Å²) >= 11 is 0. The Hall–Kier alpha value is -3.97. The van der Waals surface area contributed by atoms with Gasteiger partial charge in [-0.3, -0.25) is 4.57 Å². The van der Waals surface area contributed by atoms with Gasteiger partial charge in [-0.1, -0.05) is 133 Å². The van der Waals surface area contributed by atoms with Crippen molar-refractivity contribution in [1.82, 2.24) is 4.67 Å². The summed E-state index contributed by atoms with van der Waals surface area (Å²) in [5.41, 5.74) is 2.90. The van der Waals surface area contributed by atoms with Gasteiger partial charge in [0, 0.05) is 10.6 Å². The number of fused-ring (bicyclic) bond motifs is 4. The Labute approximate surface area is 223 Å². The van der Waals surface area contributed by atoms with Gasteiger partial charge in [0.1, 0.15) is 0 Å². The van der Waals surface area contributed by atoms with Gasteiger partial charge in [-0.2, -0.15) is 0 Å². The molecule has 38 heavy (non-hydrogen) atoms. The van der Waals surface area contributed by atoms with Crippen LogP contribution in [0.5, 0.6) is 0 Å². The first-order chi connectivity index (χ1) is 18.6. The average molecular weight is 510 g/mol. The van der Waals surface area contributed by atoms with Gasteiger partial charge in [0.25, 0.3) is 0 Å². The van der Waals surface area contributed by atoms with Crippen LogP contribution in [-0.2, 0) is 16.5 Å². The lowest BCUT2D eigenvalue weighted by molar-refractivity contribution is 0.285. The van der Waals surface area contributed by atoms with E-state index in [4.69, 9.17) is 0 Å². The summed E-state index contributed by atoms with van der Waals surface area (Å²) in [6.07, 6.45) is 0.717. The molecule has 0 unspecified atom stereocenters. The summed E-state index contributed by atoms with van der Waals surface area (Å²) in [6, 6.07) is 48.6. The van der Waals surface area contributed by atoms with Crippen molar-refractivity contribution in [2.45, 2.75) is 12.0 Å². The maximum Gasteiger partial charge on any atom is 0.209 e. The topological polar surface area (TPSA) is 20.3 Å². The summed E-state index contributed by atoms with van der Waals surface area (Å²) in [5.74, 6) is 0. The third-order valence-electron chi connectivity index (χ3n) is 8.27. The highest BCUT2D eigenvalue weighted by Gasteiger charge is 2.57. The third-order valence-corrected chi connectivity index (χ3v) is 11.6. The fourth-order valence-corrected chi connectivity index (χ4v) is 10.1. The van der Waals surface area contributed by atoms with E-state index in [0.29, 0.717) is 6.42 Å².